The second-order valence-corrected chi connectivity index (χ2v) is 8.95. The summed E-state index contributed by atoms with van der Waals surface area (Å²) in [5.74, 6) is 0.914. The van der Waals surface area contributed by atoms with E-state index >= 15 is 0 Å². The maximum atomic E-state index is 12.9. The van der Waals surface area contributed by atoms with Gasteiger partial charge in [-0.3, -0.25) is 10.2 Å². The molecule has 0 radical (unpaired) electrons. The highest BCUT2D eigenvalue weighted by molar-refractivity contribution is 8.27. The summed E-state index contributed by atoms with van der Waals surface area (Å²) in [5.41, 5.74) is 4.63. The van der Waals surface area contributed by atoms with E-state index in [1.54, 1.807) is 20.3 Å². The van der Waals surface area contributed by atoms with Gasteiger partial charge in [0.15, 0.2) is 5.84 Å². The molecule has 0 saturated carbocycles. The zero-order valence-electron chi connectivity index (χ0n) is 19.7. The maximum Gasteiger partial charge on any atom is 0.283 e. The highest BCUT2D eigenvalue weighted by atomic mass is 32.2. The molecule has 0 fully saturated rings. The van der Waals surface area contributed by atoms with Crippen LogP contribution in [0.2, 0.25) is 0 Å². The van der Waals surface area contributed by atoms with E-state index in [0.29, 0.717) is 21.7 Å². The van der Waals surface area contributed by atoms with Crippen LogP contribution in [0.25, 0.3) is 11.8 Å². The Labute approximate surface area is 207 Å². The standard InChI is InChI=1S/C26H23N5O3S/c1-15-12-18(16(2)30(15)21-11-10-19(33-3)14-22(21)34-4)13-20-23(27)31-26(28-24(20)32)35-25(29-31)17-8-6-5-7-9-17/h5-14,27H,1-4H3/b20-13-,27-23?. The number of amides is 1. The van der Waals surface area contributed by atoms with Gasteiger partial charge in [0, 0.05) is 23.0 Å². The highest BCUT2D eigenvalue weighted by Gasteiger charge is 2.36. The number of hydrogen-bond acceptors (Lipinski definition) is 6. The van der Waals surface area contributed by atoms with Gasteiger partial charge in [-0.2, -0.15) is 15.1 Å². The lowest BCUT2D eigenvalue weighted by atomic mass is 10.1. The summed E-state index contributed by atoms with van der Waals surface area (Å²) in [6, 6.07) is 17.3. The molecule has 0 unspecified atom stereocenters. The molecule has 8 nitrogen and oxygen atoms in total. The summed E-state index contributed by atoms with van der Waals surface area (Å²) >= 11 is 1.29. The van der Waals surface area contributed by atoms with Crippen molar-refractivity contribution in [3.63, 3.8) is 0 Å². The van der Waals surface area contributed by atoms with Gasteiger partial charge in [-0.1, -0.05) is 30.3 Å². The van der Waals surface area contributed by atoms with Crippen molar-refractivity contribution < 1.29 is 14.3 Å². The summed E-state index contributed by atoms with van der Waals surface area (Å²) in [7, 11) is 3.23. The molecule has 0 bridgehead atoms. The lowest BCUT2D eigenvalue weighted by molar-refractivity contribution is -0.114. The van der Waals surface area contributed by atoms with Crippen molar-refractivity contribution >= 4 is 39.8 Å². The van der Waals surface area contributed by atoms with Gasteiger partial charge in [-0.15, -0.1) is 0 Å². The van der Waals surface area contributed by atoms with E-state index in [-0.39, 0.29) is 11.4 Å². The predicted molar refractivity (Wildman–Crippen MR) is 139 cm³/mol. The van der Waals surface area contributed by atoms with Crippen LogP contribution in [0, 0.1) is 19.3 Å². The number of hydrogen-bond donors (Lipinski definition) is 1. The van der Waals surface area contributed by atoms with Crippen LogP contribution in [0.1, 0.15) is 22.5 Å². The molecule has 2 aliphatic heterocycles. The molecule has 0 atom stereocenters. The van der Waals surface area contributed by atoms with Crippen LogP contribution in [-0.2, 0) is 4.79 Å². The number of thioether (sulfide) groups is 1. The number of benzene rings is 2. The number of nitrogens with zero attached hydrogens (tertiary/aromatic N) is 4. The summed E-state index contributed by atoms with van der Waals surface area (Å²) in [6.45, 7) is 3.95. The van der Waals surface area contributed by atoms with Crippen LogP contribution in [0.4, 0.5) is 0 Å². The minimum absolute atomic E-state index is 0.00487. The number of carbonyl (C=O) groups is 1. The summed E-state index contributed by atoms with van der Waals surface area (Å²) < 4.78 is 13.0. The van der Waals surface area contributed by atoms with Crippen molar-refractivity contribution in [1.29, 1.82) is 5.41 Å². The first-order chi connectivity index (χ1) is 16.9. The molecule has 176 valence electrons. The molecule has 9 heteroatoms. The maximum absolute atomic E-state index is 12.9. The normalized spacial score (nSPS) is 16.3. The number of nitrogens with one attached hydrogen (secondary N) is 1. The van der Waals surface area contributed by atoms with E-state index < -0.39 is 5.91 Å². The minimum atomic E-state index is -0.454. The molecule has 0 aliphatic carbocycles. The van der Waals surface area contributed by atoms with E-state index in [1.807, 2.05) is 73.0 Å². The average molecular weight is 486 g/mol. The Morgan fingerprint density at radius 1 is 1.03 bits per heavy atom. The SMILES string of the molecule is COc1ccc(-n2c(C)cc(/C=C3/C(=N)N4N=C(c5ccccc5)SC4=NC3=O)c2C)c(OC)c1. The third kappa shape index (κ3) is 3.93. The van der Waals surface area contributed by atoms with Crippen LogP contribution in [-0.4, -0.2) is 45.7 Å². The largest absolute Gasteiger partial charge is 0.497 e. The first-order valence-electron chi connectivity index (χ1n) is 10.9. The molecule has 0 saturated heterocycles. The van der Waals surface area contributed by atoms with Crippen LogP contribution in [0.3, 0.4) is 0 Å². The van der Waals surface area contributed by atoms with Crippen LogP contribution in [0.5, 0.6) is 11.5 Å². The molecule has 1 amide bonds. The number of fused-ring (bicyclic) bond motifs is 1. The molecular weight excluding hydrogens is 462 g/mol. The van der Waals surface area contributed by atoms with Crippen molar-refractivity contribution in [3.05, 3.63) is 82.7 Å². The number of aliphatic imine (C=N–C) groups is 1. The van der Waals surface area contributed by atoms with E-state index in [9.17, 15) is 4.79 Å². The van der Waals surface area contributed by atoms with E-state index in [0.717, 1.165) is 28.2 Å². The van der Waals surface area contributed by atoms with Gasteiger partial charge in [0.25, 0.3) is 5.91 Å². The number of hydrazone groups is 1. The molecule has 35 heavy (non-hydrogen) atoms. The molecule has 1 aromatic heterocycles. The molecule has 2 aromatic carbocycles. The van der Waals surface area contributed by atoms with Gasteiger partial charge in [-0.05, 0) is 55.4 Å². The molecule has 5 rings (SSSR count). The van der Waals surface area contributed by atoms with Gasteiger partial charge < -0.3 is 14.0 Å². The molecule has 0 spiro atoms. The minimum Gasteiger partial charge on any atom is -0.497 e. The van der Waals surface area contributed by atoms with Crippen LogP contribution >= 0.6 is 11.8 Å². The Bertz CT molecular complexity index is 1450. The number of rotatable bonds is 5. The Balaban J connectivity index is 1.52. The molecule has 1 N–H and O–H groups in total. The van der Waals surface area contributed by atoms with E-state index in [1.165, 1.54) is 16.8 Å². The average Bonchev–Trinajstić information content (AvgIpc) is 3.42. The lowest BCUT2D eigenvalue weighted by Crippen LogP contribution is -2.35. The fourth-order valence-electron chi connectivity index (χ4n) is 4.12. The number of carbonyl (C=O) groups excluding carboxylic acids is 1. The van der Waals surface area contributed by atoms with Crippen molar-refractivity contribution in [2.45, 2.75) is 13.8 Å². The first-order valence-corrected chi connectivity index (χ1v) is 11.7. The van der Waals surface area contributed by atoms with Crippen molar-refractivity contribution in [3.8, 4) is 17.2 Å². The lowest BCUT2D eigenvalue weighted by Gasteiger charge is -2.20. The number of methoxy groups -OCH3 is 2. The monoisotopic (exact) mass is 485 g/mol. The number of ether oxygens (including phenoxy) is 2. The number of aryl methyl sites for hydroxylation is 1. The fourth-order valence-corrected chi connectivity index (χ4v) is 5.02. The molecular formula is C26H23N5O3S. The fraction of sp³-hybridized carbons (Fsp3) is 0.154. The third-order valence-corrected chi connectivity index (χ3v) is 6.83. The summed E-state index contributed by atoms with van der Waals surface area (Å²) in [4.78, 5) is 17.1. The van der Waals surface area contributed by atoms with E-state index in [2.05, 4.69) is 10.1 Å². The van der Waals surface area contributed by atoms with Gasteiger partial charge in [0.05, 0.1) is 25.5 Å². The Hall–Kier alpha value is -4.11. The molecule has 2 aliphatic rings. The van der Waals surface area contributed by atoms with Gasteiger partial charge >= 0.3 is 0 Å². The first kappa shape index (κ1) is 22.7. The Morgan fingerprint density at radius 3 is 2.51 bits per heavy atom. The van der Waals surface area contributed by atoms with E-state index in [4.69, 9.17) is 14.9 Å². The van der Waals surface area contributed by atoms with Crippen LogP contribution in [0.15, 0.2) is 70.3 Å². The number of amidine groups is 2. The van der Waals surface area contributed by atoms with Gasteiger partial charge in [0.2, 0.25) is 5.17 Å². The highest BCUT2D eigenvalue weighted by Crippen LogP contribution is 2.34. The van der Waals surface area contributed by atoms with Crippen molar-refractivity contribution in [1.82, 2.24) is 9.58 Å². The van der Waals surface area contributed by atoms with Crippen LogP contribution < -0.4 is 9.47 Å². The topological polar surface area (TPSA) is 92.3 Å². The van der Waals surface area contributed by atoms with Gasteiger partial charge in [0.1, 0.15) is 16.5 Å². The zero-order chi connectivity index (χ0) is 24.7. The summed E-state index contributed by atoms with van der Waals surface area (Å²) in [5, 5.41) is 15.8. The number of aromatic nitrogens is 1. The third-order valence-electron chi connectivity index (χ3n) is 5.87. The quantitative estimate of drug-likeness (QED) is 0.525. The molecule has 3 aromatic rings. The smallest absolute Gasteiger partial charge is 0.283 e. The Morgan fingerprint density at radius 2 is 1.80 bits per heavy atom. The van der Waals surface area contributed by atoms with Crippen molar-refractivity contribution in [2.75, 3.05) is 14.2 Å². The zero-order valence-corrected chi connectivity index (χ0v) is 20.5. The molecule has 3 heterocycles. The summed E-state index contributed by atoms with van der Waals surface area (Å²) in [6.07, 6.45) is 1.71. The van der Waals surface area contributed by atoms with Crippen molar-refractivity contribution in [2.24, 2.45) is 10.1 Å². The second-order valence-electron chi connectivity index (χ2n) is 7.99. The Kier molecular flexibility index (Phi) is 5.78. The van der Waals surface area contributed by atoms with Gasteiger partial charge in [-0.25, -0.2) is 0 Å². The predicted octanol–water partition coefficient (Wildman–Crippen LogP) is 4.78. The second kappa shape index (κ2) is 8.92.